The Kier molecular flexibility index (Phi) is 6.21. The first-order valence-corrected chi connectivity index (χ1v) is 7.79. The third-order valence-electron chi connectivity index (χ3n) is 2.82. The Morgan fingerprint density at radius 2 is 1.62 bits per heavy atom. The summed E-state index contributed by atoms with van der Waals surface area (Å²) in [5.41, 5.74) is 1.05. The maximum Gasteiger partial charge on any atom is 0.133 e. The minimum Gasteiger partial charge on any atom is -0.497 e. The third-order valence-corrected chi connectivity index (χ3v) is 3.75. The summed E-state index contributed by atoms with van der Waals surface area (Å²) in [5.74, 6) is 2.86. The molecule has 0 heterocycles. The minimum absolute atomic E-state index is 0.463. The van der Waals surface area contributed by atoms with Crippen LogP contribution in [0.15, 0.2) is 46.9 Å². The molecule has 5 heteroatoms. The van der Waals surface area contributed by atoms with Crippen LogP contribution in [-0.4, -0.2) is 20.3 Å². The first kappa shape index (κ1) is 16.0. The average Bonchev–Trinajstić information content (AvgIpc) is 2.53. The summed E-state index contributed by atoms with van der Waals surface area (Å²) >= 11 is 9.24. The largest absolute Gasteiger partial charge is 0.497 e. The molecule has 0 bridgehead atoms. The maximum absolute atomic E-state index is 5.78. The lowest BCUT2D eigenvalue weighted by molar-refractivity contribution is 0.216. The number of halogens is 2. The van der Waals surface area contributed by atoms with Crippen LogP contribution in [0.4, 0.5) is 0 Å². The van der Waals surface area contributed by atoms with Gasteiger partial charge in [-0.15, -0.1) is 11.6 Å². The van der Waals surface area contributed by atoms with Crippen molar-refractivity contribution in [2.24, 2.45) is 0 Å². The Bertz CT molecular complexity index is 572. The van der Waals surface area contributed by atoms with Gasteiger partial charge in [-0.25, -0.2) is 0 Å². The maximum atomic E-state index is 5.78. The molecule has 0 amide bonds. The number of benzene rings is 2. The molecule has 0 radical (unpaired) electrons. The lowest BCUT2D eigenvalue weighted by Crippen LogP contribution is -2.09. The number of hydrogen-bond acceptors (Lipinski definition) is 3. The third kappa shape index (κ3) is 4.83. The van der Waals surface area contributed by atoms with Crippen LogP contribution in [-0.2, 0) is 5.88 Å². The summed E-state index contributed by atoms with van der Waals surface area (Å²) in [6, 6.07) is 13.2. The standard InChI is InChI=1S/C16H16BrClO3/c1-19-13-3-5-14(6-4-13)20-8-9-21-16-7-2-12(11-18)10-15(16)17/h2-7,10H,8-9,11H2,1H3. The molecule has 2 aromatic rings. The van der Waals surface area contributed by atoms with Crippen LogP contribution in [0.2, 0.25) is 0 Å². The van der Waals surface area contributed by atoms with Crippen molar-refractivity contribution in [3.63, 3.8) is 0 Å². The molecule has 2 aromatic carbocycles. The summed E-state index contributed by atoms with van der Waals surface area (Å²) in [5, 5.41) is 0. The van der Waals surface area contributed by atoms with Crippen molar-refractivity contribution < 1.29 is 14.2 Å². The van der Waals surface area contributed by atoms with Gasteiger partial charge in [-0.2, -0.15) is 0 Å². The summed E-state index contributed by atoms with van der Waals surface area (Å²) in [4.78, 5) is 0. The Hall–Kier alpha value is -1.39. The van der Waals surface area contributed by atoms with Crippen molar-refractivity contribution in [3.05, 3.63) is 52.5 Å². The van der Waals surface area contributed by atoms with E-state index >= 15 is 0 Å². The van der Waals surface area contributed by atoms with E-state index in [0.29, 0.717) is 19.1 Å². The van der Waals surface area contributed by atoms with E-state index in [-0.39, 0.29) is 0 Å². The molecular formula is C16H16BrClO3. The van der Waals surface area contributed by atoms with Gasteiger partial charge in [-0.3, -0.25) is 0 Å². The predicted molar refractivity (Wildman–Crippen MR) is 87.7 cm³/mol. The molecular weight excluding hydrogens is 356 g/mol. The number of methoxy groups -OCH3 is 1. The second kappa shape index (κ2) is 8.15. The van der Waals surface area contributed by atoms with Gasteiger partial charge in [-0.1, -0.05) is 6.07 Å². The molecule has 0 aliphatic carbocycles. The van der Waals surface area contributed by atoms with E-state index in [9.17, 15) is 0 Å². The smallest absolute Gasteiger partial charge is 0.133 e. The van der Waals surface area contributed by atoms with E-state index in [1.165, 1.54) is 0 Å². The fraction of sp³-hybridized carbons (Fsp3) is 0.250. The SMILES string of the molecule is COc1ccc(OCCOc2ccc(CCl)cc2Br)cc1. The minimum atomic E-state index is 0.463. The molecule has 0 aromatic heterocycles. The fourth-order valence-corrected chi connectivity index (χ4v) is 2.43. The second-order valence-electron chi connectivity index (χ2n) is 4.27. The molecule has 2 rings (SSSR count). The lowest BCUT2D eigenvalue weighted by Gasteiger charge is -2.10. The molecule has 3 nitrogen and oxygen atoms in total. The highest BCUT2D eigenvalue weighted by molar-refractivity contribution is 9.10. The Morgan fingerprint density at radius 1 is 0.952 bits per heavy atom. The highest BCUT2D eigenvalue weighted by Crippen LogP contribution is 2.26. The predicted octanol–water partition coefficient (Wildman–Crippen LogP) is 4.65. The molecule has 0 fully saturated rings. The molecule has 0 atom stereocenters. The van der Waals surface area contributed by atoms with Crippen LogP contribution in [0.3, 0.4) is 0 Å². The van der Waals surface area contributed by atoms with Crippen LogP contribution in [0.5, 0.6) is 17.2 Å². The first-order chi connectivity index (χ1) is 10.2. The van der Waals surface area contributed by atoms with Crippen LogP contribution >= 0.6 is 27.5 Å². The monoisotopic (exact) mass is 370 g/mol. The van der Waals surface area contributed by atoms with Gasteiger partial charge in [0, 0.05) is 5.88 Å². The van der Waals surface area contributed by atoms with Crippen LogP contribution < -0.4 is 14.2 Å². The summed E-state index contributed by atoms with van der Waals surface area (Å²) in [6.45, 7) is 0.931. The average molecular weight is 372 g/mol. The zero-order valence-electron chi connectivity index (χ0n) is 11.6. The quantitative estimate of drug-likeness (QED) is 0.523. The summed E-state index contributed by atoms with van der Waals surface area (Å²) in [6.07, 6.45) is 0. The van der Waals surface area contributed by atoms with Gasteiger partial charge < -0.3 is 14.2 Å². The van der Waals surface area contributed by atoms with Crippen molar-refractivity contribution in [1.29, 1.82) is 0 Å². The van der Waals surface area contributed by atoms with Gasteiger partial charge in [0.05, 0.1) is 11.6 Å². The highest BCUT2D eigenvalue weighted by Gasteiger charge is 2.02. The lowest BCUT2D eigenvalue weighted by atomic mass is 10.2. The number of hydrogen-bond donors (Lipinski definition) is 0. The van der Waals surface area contributed by atoms with Gasteiger partial charge in [0.2, 0.25) is 0 Å². The molecule has 0 saturated carbocycles. The van der Waals surface area contributed by atoms with Gasteiger partial charge in [-0.05, 0) is 57.9 Å². The van der Waals surface area contributed by atoms with Gasteiger partial charge >= 0.3 is 0 Å². The zero-order chi connectivity index (χ0) is 15.1. The molecule has 0 aliphatic heterocycles. The molecule has 21 heavy (non-hydrogen) atoms. The molecule has 0 unspecified atom stereocenters. The highest BCUT2D eigenvalue weighted by atomic mass is 79.9. The van der Waals surface area contributed by atoms with E-state index in [0.717, 1.165) is 27.3 Å². The van der Waals surface area contributed by atoms with Gasteiger partial charge in [0.1, 0.15) is 30.5 Å². The van der Waals surface area contributed by atoms with E-state index in [1.807, 2.05) is 42.5 Å². The summed E-state index contributed by atoms with van der Waals surface area (Å²) in [7, 11) is 1.64. The molecule has 0 aliphatic rings. The number of ether oxygens (including phenoxy) is 3. The van der Waals surface area contributed by atoms with E-state index in [1.54, 1.807) is 7.11 Å². The van der Waals surface area contributed by atoms with Crippen molar-refractivity contribution in [1.82, 2.24) is 0 Å². The topological polar surface area (TPSA) is 27.7 Å². The second-order valence-corrected chi connectivity index (χ2v) is 5.39. The van der Waals surface area contributed by atoms with Gasteiger partial charge in [0.25, 0.3) is 0 Å². The Balaban J connectivity index is 1.78. The van der Waals surface area contributed by atoms with Crippen molar-refractivity contribution in [2.45, 2.75) is 5.88 Å². The molecule has 112 valence electrons. The Morgan fingerprint density at radius 3 is 2.24 bits per heavy atom. The van der Waals surface area contributed by atoms with Crippen molar-refractivity contribution >= 4 is 27.5 Å². The van der Waals surface area contributed by atoms with Gasteiger partial charge in [0.15, 0.2) is 0 Å². The first-order valence-electron chi connectivity index (χ1n) is 6.47. The fourth-order valence-electron chi connectivity index (χ4n) is 1.73. The Labute approximate surface area is 137 Å². The molecule has 0 spiro atoms. The number of alkyl halides is 1. The van der Waals surface area contributed by atoms with Crippen molar-refractivity contribution in [2.75, 3.05) is 20.3 Å². The van der Waals surface area contributed by atoms with Crippen molar-refractivity contribution in [3.8, 4) is 17.2 Å². The normalized spacial score (nSPS) is 10.2. The van der Waals surface area contributed by atoms with Crippen LogP contribution in [0, 0.1) is 0 Å². The molecule has 0 N–H and O–H groups in total. The van der Waals surface area contributed by atoms with Crippen LogP contribution in [0.25, 0.3) is 0 Å². The van der Waals surface area contributed by atoms with Crippen LogP contribution in [0.1, 0.15) is 5.56 Å². The molecule has 0 saturated heterocycles. The number of rotatable bonds is 7. The summed E-state index contributed by atoms with van der Waals surface area (Å²) < 4.78 is 17.2. The van der Waals surface area contributed by atoms with E-state index in [2.05, 4.69) is 15.9 Å². The van der Waals surface area contributed by atoms with E-state index < -0.39 is 0 Å². The van der Waals surface area contributed by atoms with E-state index in [4.69, 9.17) is 25.8 Å². The zero-order valence-corrected chi connectivity index (χ0v) is 14.0.